The molecule has 1 unspecified atom stereocenters. The van der Waals surface area contributed by atoms with Crippen molar-refractivity contribution in [1.82, 2.24) is 9.88 Å². The van der Waals surface area contributed by atoms with Crippen molar-refractivity contribution in [3.63, 3.8) is 0 Å². The van der Waals surface area contributed by atoms with Crippen LogP contribution >= 0.6 is 11.3 Å². The molecule has 2 heterocycles. The van der Waals surface area contributed by atoms with E-state index in [0.29, 0.717) is 21.9 Å². The Morgan fingerprint density at radius 2 is 1.88 bits per heavy atom. The number of piperidine rings is 1. The summed E-state index contributed by atoms with van der Waals surface area (Å²) in [7, 11) is 0. The molecular weight excluding hydrogens is 420 g/mol. The first-order valence-electron chi connectivity index (χ1n) is 10.9. The number of rotatable bonds is 6. The molecule has 2 N–H and O–H groups in total. The van der Waals surface area contributed by atoms with Gasteiger partial charge in [0.15, 0.2) is 5.13 Å². The predicted octanol–water partition coefficient (Wildman–Crippen LogP) is 5.19. The zero-order valence-electron chi connectivity index (χ0n) is 18.4. The van der Waals surface area contributed by atoms with E-state index in [1.807, 2.05) is 36.6 Å². The molecule has 1 aromatic heterocycles. The Kier molecular flexibility index (Phi) is 6.97. The molecule has 0 bridgehead atoms. The molecule has 2 amide bonds. The third-order valence-corrected chi connectivity index (χ3v) is 6.49. The fourth-order valence-electron chi connectivity index (χ4n) is 3.95. The maximum absolute atomic E-state index is 12.8. The summed E-state index contributed by atoms with van der Waals surface area (Å²) >= 11 is 1.44. The van der Waals surface area contributed by atoms with Gasteiger partial charge in [-0.2, -0.15) is 0 Å². The van der Waals surface area contributed by atoms with Gasteiger partial charge < -0.3 is 5.32 Å². The highest BCUT2D eigenvalue weighted by atomic mass is 32.1. The van der Waals surface area contributed by atoms with E-state index < -0.39 is 0 Å². The zero-order chi connectivity index (χ0) is 22.5. The van der Waals surface area contributed by atoms with Gasteiger partial charge in [-0.15, -0.1) is 11.3 Å². The van der Waals surface area contributed by atoms with Gasteiger partial charge in [-0.3, -0.25) is 19.8 Å². The lowest BCUT2D eigenvalue weighted by molar-refractivity contribution is 0.101. The summed E-state index contributed by atoms with van der Waals surface area (Å²) in [5.41, 5.74) is 3.53. The minimum atomic E-state index is -0.243. The minimum Gasteiger partial charge on any atom is -0.322 e. The van der Waals surface area contributed by atoms with Crippen molar-refractivity contribution in [2.75, 3.05) is 23.7 Å². The maximum atomic E-state index is 12.8. The fourth-order valence-corrected chi connectivity index (χ4v) is 4.64. The first-order valence-corrected chi connectivity index (χ1v) is 11.8. The maximum Gasteiger partial charge on any atom is 0.257 e. The lowest BCUT2D eigenvalue weighted by Gasteiger charge is -2.30. The number of aryl methyl sites for hydroxylation is 1. The van der Waals surface area contributed by atoms with Crippen LogP contribution in [0.25, 0.3) is 0 Å². The van der Waals surface area contributed by atoms with E-state index in [4.69, 9.17) is 0 Å². The number of carbonyl (C=O) groups is 2. The van der Waals surface area contributed by atoms with Gasteiger partial charge >= 0.3 is 0 Å². The van der Waals surface area contributed by atoms with Crippen LogP contribution in [0.5, 0.6) is 0 Å². The number of nitrogens with zero attached hydrogens (tertiary/aromatic N) is 2. The van der Waals surface area contributed by atoms with Gasteiger partial charge in [-0.1, -0.05) is 31.2 Å². The van der Waals surface area contributed by atoms with Crippen LogP contribution in [-0.4, -0.2) is 34.8 Å². The van der Waals surface area contributed by atoms with Gasteiger partial charge in [0.05, 0.1) is 5.69 Å². The molecule has 3 aromatic rings. The summed E-state index contributed by atoms with van der Waals surface area (Å²) in [5.74, 6) is 0.273. The topological polar surface area (TPSA) is 74.3 Å². The van der Waals surface area contributed by atoms with E-state index in [2.05, 4.69) is 27.4 Å². The van der Waals surface area contributed by atoms with E-state index in [1.54, 1.807) is 24.3 Å². The molecular formula is C25H28N4O2S. The van der Waals surface area contributed by atoms with Crippen molar-refractivity contribution in [3.8, 4) is 0 Å². The molecule has 4 rings (SSSR count). The Morgan fingerprint density at radius 1 is 1.09 bits per heavy atom. The van der Waals surface area contributed by atoms with Crippen molar-refractivity contribution in [1.29, 1.82) is 0 Å². The Labute approximate surface area is 192 Å². The zero-order valence-corrected chi connectivity index (χ0v) is 19.2. The molecule has 1 saturated heterocycles. The number of amides is 2. The highest BCUT2D eigenvalue weighted by Gasteiger charge is 2.18. The van der Waals surface area contributed by atoms with E-state index in [-0.39, 0.29) is 11.8 Å². The summed E-state index contributed by atoms with van der Waals surface area (Å²) in [6.07, 6.45) is 2.52. The highest BCUT2D eigenvalue weighted by Crippen LogP contribution is 2.23. The third-order valence-electron chi connectivity index (χ3n) is 5.68. The fraction of sp³-hybridized carbons (Fsp3) is 0.320. The smallest absolute Gasteiger partial charge is 0.257 e. The average molecular weight is 449 g/mol. The van der Waals surface area contributed by atoms with Crippen LogP contribution in [0.2, 0.25) is 0 Å². The Morgan fingerprint density at radius 3 is 2.66 bits per heavy atom. The summed E-state index contributed by atoms with van der Waals surface area (Å²) in [5, 5.41) is 8.39. The quantitative estimate of drug-likeness (QED) is 0.544. The van der Waals surface area contributed by atoms with Crippen molar-refractivity contribution >= 4 is 34.0 Å². The number of hydrogen-bond donors (Lipinski definition) is 2. The lowest BCUT2D eigenvalue weighted by Crippen LogP contribution is -2.33. The molecule has 32 heavy (non-hydrogen) atoms. The summed E-state index contributed by atoms with van der Waals surface area (Å²) in [6.45, 7) is 7.20. The summed E-state index contributed by atoms with van der Waals surface area (Å²) in [6, 6.07) is 14.3. The molecule has 0 saturated carbocycles. The van der Waals surface area contributed by atoms with Crippen molar-refractivity contribution in [2.24, 2.45) is 5.92 Å². The molecule has 1 aliphatic rings. The van der Waals surface area contributed by atoms with Crippen LogP contribution < -0.4 is 10.6 Å². The largest absolute Gasteiger partial charge is 0.322 e. The molecule has 0 aliphatic carbocycles. The first-order chi connectivity index (χ1) is 15.5. The van der Waals surface area contributed by atoms with E-state index >= 15 is 0 Å². The van der Waals surface area contributed by atoms with Crippen LogP contribution in [0.4, 0.5) is 10.8 Å². The minimum absolute atomic E-state index is 0.206. The Bertz CT molecular complexity index is 1100. The average Bonchev–Trinajstić information content (AvgIpc) is 3.22. The molecule has 1 aliphatic heterocycles. The predicted molar refractivity (Wildman–Crippen MR) is 129 cm³/mol. The second-order valence-electron chi connectivity index (χ2n) is 8.43. The number of carbonyl (C=O) groups excluding carboxylic acids is 2. The van der Waals surface area contributed by atoms with Crippen LogP contribution in [0.1, 0.15) is 51.7 Å². The van der Waals surface area contributed by atoms with Gasteiger partial charge in [0.2, 0.25) is 0 Å². The number of aromatic nitrogens is 1. The lowest BCUT2D eigenvalue weighted by atomic mass is 10.0. The van der Waals surface area contributed by atoms with Gasteiger partial charge in [-0.05, 0) is 62.1 Å². The Balaban J connectivity index is 1.40. The number of anilines is 2. The summed E-state index contributed by atoms with van der Waals surface area (Å²) in [4.78, 5) is 32.3. The van der Waals surface area contributed by atoms with Crippen molar-refractivity contribution < 1.29 is 9.59 Å². The molecule has 2 aromatic carbocycles. The van der Waals surface area contributed by atoms with E-state index in [1.165, 1.54) is 24.2 Å². The molecule has 166 valence electrons. The molecule has 6 nitrogen and oxygen atoms in total. The highest BCUT2D eigenvalue weighted by molar-refractivity contribution is 7.14. The number of benzene rings is 2. The molecule has 7 heteroatoms. The van der Waals surface area contributed by atoms with Gasteiger partial charge in [0.1, 0.15) is 0 Å². The van der Waals surface area contributed by atoms with Crippen LogP contribution in [0.3, 0.4) is 0 Å². The molecule has 0 radical (unpaired) electrons. The molecule has 1 atom stereocenters. The number of hydrogen-bond acceptors (Lipinski definition) is 5. The second-order valence-corrected chi connectivity index (χ2v) is 9.29. The number of nitrogens with one attached hydrogen (secondary N) is 2. The standard InChI is InChI=1S/C25H28N4O2S/c1-17-7-6-12-29(14-17)15-21-16-32-25(26-21)28-24(31)20-11-10-18(2)22(13-20)27-23(30)19-8-4-3-5-9-19/h3-5,8-11,13,16-17H,6-7,12,14-15H2,1-2H3,(H,27,30)(H,26,28,31). The van der Waals surface area contributed by atoms with Crippen molar-refractivity contribution in [2.45, 2.75) is 33.2 Å². The van der Waals surface area contributed by atoms with E-state index in [9.17, 15) is 9.59 Å². The van der Waals surface area contributed by atoms with Crippen LogP contribution in [0.15, 0.2) is 53.9 Å². The van der Waals surface area contributed by atoms with Crippen LogP contribution in [-0.2, 0) is 6.54 Å². The first kappa shape index (κ1) is 22.2. The van der Waals surface area contributed by atoms with Gasteiger partial charge in [-0.25, -0.2) is 4.98 Å². The second kappa shape index (κ2) is 10.1. The van der Waals surface area contributed by atoms with Crippen molar-refractivity contribution in [3.05, 3.63) is 76.3 Å². The SMILES string of the molecule is Cc1ccc(C(=O)Nc2nc(CN3CCCC(C)C3)cs2)cc1NC(=O)c1ccccc1. The molecule has 0 spiro atoms. The summed E-state index contributed by atoms with van der Waals surface area (Å²) < 4.78 is 0. The van der Waals surface area contributed by atoms with Crippen LogP contribution in [0, 0.1) is 12.8 Å². The van der Waals surface area contributed by atoms with Gasteiger partial charge in [0, 0.05) is 35.3 Å². The monoisotopic (exact) mass is 448 g/mol. The Hall–Kier alpha value is -3.03. The van der Waals surface area contributed by atoms with Gasteiger partial charge in [0.25, 0.3) is 11.8 Å². The third kappa shape index (κ3) is 5.60. The number of thiazole rings is 1. The number of likely N-dealkylation sites (tertiary alicyclic amines) is 1. The van der Waals surface area contributed by atoms with E-state index in [0.717, 1.165) is 36.8 Å². The molecule has 1 fully saturated rings. The normalized spacial score (nSPS) is 16.5.